The largest absolute Gasteiger partial charge is 0.340 e. The van der Waals surface area contributed by atoms with Crippen molar-refractivity contribution < 1.29 is 9.59 Å². The van der Waals surface area contributed by atoms with Crippen molar-refractivity contribution in [2.75, 3.05) is 11.4 Å². The molecule has 0 saturated carbocycles. The number of rotatable bonds is 4. The normalized spacial score (nSPS) is 16.5. The number of hydrogen-bond donors (Lipinski definition) is 1. The average Bonchev–Trinajstić information content (AvgIpc) is 2.76. The molecule has 1 aliphatic rings. The van der Waals surface area contributed by atoms with E-state index in [1.54, 1.807) is 52.3 Å². The number of carbonyl (C=O) groups excluding carboxylic acids is 2. The summed E-state index contributed by atoms with van der Waals surface area (Å²) < 4.78 is 1.54. The summed E-state index contributed by atoms with van der Waals surface area (Å²) in [5.74, 6) is -0.422. The molecule has 1 saturated heterocycles. The van der Waals surface area contributed by atoms with Gasteiger partial charge in [0.1, 0.15) is 6.04 Å². The second-order valence-electron chi connectivity index (χ2n) is 6.82. The second-order valence-corrected chi connectivity index (χ2v) is 6.82. The lowest BCUT2D eigenvalue weighted by Gasteiger charge is -2.32. The van der Waals surface area contributed by atoms with Crippen molar-refractivity contribution in [3.8, 4) is 5.69 Å². The number of nitrogens with zero attached hydrogens (tertiary/aromatic N) is 3. The first kappa shape index (κ1) is 18.6. The highest BCUT2D eigenvalue weighted by molar-refractivity contribution is 6.02. The number of piperidine rings is 1. The SMILES string of the molecule is O=C(NC1CCCN(c2ccc(-n3ccccc3=O)cc2)C1=O)c1ccncc1. The van der Waals surface area contributed by atoms with E-state index < -0.39 is 6.04 Å². The topological polar surface area (TPSA) is 84.3 Å². The molecule has 7 heteroatoms. The van der Waals surface area contributed by atoms with Crippen molar-refractivity contribution in [3.05, 3.63) is 89.1 Å². The van der Waals surface area contributed by atoms with E-state index in [-0.39, 0.29) is 17.4 Å². The summed E-state index contributed by atoms with van der Waals surface area (Å²) in [6.07, 6.45) is 6.18. The Hall–Kier alpha value is -3.74. The van der Waals surface area contributed by atoms with Crippen LogP contribution in [0.2, 0.25) is 0 Å². The molecule has 1 atom stereocenters. The molecule has 1 aliphatic heterocycles. The summed E-state index contributed by atoms with van der Waals surface area (Å²) in [6.45, 7) is 0.588. The van der Waals surface area contributed by atoms with Crippen LogP contribution in [-0.2, 0) is 4.79 Å². The first-order valence-corrected chi connectivity index (χ1v) is 9.44. The summed E-state index contributed by atoms with van der Waals surface area (Å²) >= 11 is 0. The fourth-order valence-corrected chi connectivity index (χ4v) is 3.44. The van der Waals surface area contributed by atoms with Crippen LogP contribution in [0.5, 0.6) is 0 Å². The molecule has 0 spiro atoms. The number of nitrogens with one attached hydrogen (secondary N) is 1. The van der Waals surface area contributed by atoms with Crippen molar-refractivity contribution in [2.24, 2.45) is 0 Å². The van der Waals surface area contributed by atoms with Gasteiger partial charge in [0.2, 0.25) is 5.91 Å². The zero-order chi connectivity index (χ0) is 20.2. The van der Waals surface area contributed by atoms with Gasteiger partial charge in [-0.1, -0.05) is 6.07 Å². The Morgan fingerprint density at radius 2 is 1.69 bits per heavy atom. The highest BCUT2D eigenvalue weighted by Crippen LogP contribution is 2.22. The van der Waals surface area contributed by atoms with E-state index in [1.807, 2.05) is 24.3 Å². The number of carbonyl (C=O) groups is 2. The molecular weight excluding hydrogens is 368 g/mol. The third-order valence-electron chi connectivity index (χ3n) is 4.95. The van der Waals surface area contributed by atoms with E-state index in [9.17, 15) is 14.4 Å². The third kappa shape index (κ3) is 3.94. The van der Waals surface area contributed by atoms with Gasteiger partial charge in [-0.15, -0.1) is 0 Å². The first-order valence-electron chi connectivity index (χ1n) is 9.44. The molecule has 3 heterocycles. The van der Waals surface area contributed by atoms with E-state index >= 15 is 0 Å². The van der Waals surface area contributed by atoms with Crippen molar-refractivity contribution in [1.29, 1.82) is 0 Å². The molecule has 7 nitrogen and oxygen atoms in total. The third-order valence-corrected chi connectivity index (χ3v) is 4.95. The Morgan fingerprint density at radius 3 is 2.41 bits per heavy atom. The van der Waals surface area contributed by atoms with Crippen LogP contribution >= 0.6 is 0 Å². The van der Waals surface area contributed by atoms with Crippen molar-refractivity contribution in [1.82, 2.24) is 14.9 Å². The molecule has 1 N–H and O–H groups in total. The zero-order valence-electron chi connectivity index (χ0n) is 15.7. The van der Waals surface area contributed by atoms with Gasteiger partial charge in [0.25, 0.3) is 11.5 Å². The summed E-state index contributed by atoms with van der Waals surface area (Å²) in [7, 11) is 0. The number of benzene rings is 1. The Kier molecular flexibility index (Phi) is 5.20. The first-order chi connectivity index (χ1) is 14.1. The lowest BCUT2D eigenvalue weighted by atomic mass is 10.0. The zero-order valence-corrected chi connectivity index (χ0v) is 15.7. The monoisotopic (exact) mass is 388 g/mol. The van der Waals surface area contributed by atoms with Gasteiger partial charge in [-0.3, -0.25) is 23.9 Å². The molecule has 0 bridgehead atoms. The Bertz CT molecular complexity index is 1080. The number of anilines is 1. The standard InChI is InChI=1S/C22H20N4O3/c27-20-5-1-2-14-25(20)17-6-8-18(9-7-17)26-15-3-4-19(22(26)29)24-21(28)16-10-12-23-13-11-16/h1-2,5-14,19H,3-4,15H2,(H,24,28). The van der Waals surface area contributed by atoms with Crippen molar-refractivity contribution >= 4 is 17.5 Å². The predicted molar refractivity (Wildman–Crippen MR) is 109 cm³/mol. The quantitative estimate of drug-likeness (QED) is 0.742. The minimum absolute atomic E-state index is 0.117. The van der Waals surface area contributed by atoms with Crippen LogP contribution < -0.4 is 15.8 Å². The summed E-state index contributed by atoms with van der Waals surface area (Å²) in [4.78, 5) is 42.9. The van der Waals surface area contributed by atoms with Crippen LogP contribution in [0, 0.1) is 0 Å². The van der Waals surface area contributed by atoms with Crippen LogP contribution in [-0.4, -0.2) is 34.0 Å². The molecule has 0 aliphatic carbocycles. The van der Waals surface area contributed by atoms with E-state index in [0.717, 1.165) is 17.8 Å². The van der Waals surface area contributed by atoms with Gasteiger partial charge in [0.05, 0.1) is 0 Å². The van der Waals surface area contributed by atoms with Crippen molar-refractivity contribution in [2.45, 2.75) is 18.9 Å². The second kappa shape index (κ2) is 8.10. The fourth-order valence-electron chi connectivity index (χ4n) is 3.44. The molecule has 2 amide bonds. The van der Waals surface area contributed by atoms with Gasteiger partial charge >= 0.3 is 0 Å². The lowest BCUT2D eigenvalue weighted by molar-refractivity contribution is -0.121. The molecule has 29 heavy (non-hydrogen) atoms. The lowest BCUT2D eigenvalue weighted by Crippen LogP contribution is -2.52. The van der Waals surface area contributed by atoms with Gasteiger partial charge in [0.15, 0.2) is 0 Å². The highest BCUT2D eigenvalue weighted by Gasteiger charge is 2.31. The smallest absolute Gasteiger partial charge is 0.255 e. The number of amides is 2. The Labute approximate surface area is 167 Å². The van der Waals surface area contributed by atoms with Gasteiger partial charge < -0.3 is 10.2 Å². The molecule has 0 radical (unpaired) electrons. The highest BCUT2D eigenvalue weighted by atomic mass is 16.2. The number of aromatic nitrogens is 2. The Morgan fingerprint density at radius 1 is 0.966 bits per heavy atom. The van der Waals surface area contributed by atoms with Gasteiger partial charge in [0, 0.05) is 48.1 Å². The fraction of sp³-hybridized carbons (Fsp3) is 0.182. The minimum Gasteiger partial charge on any atom is -0.340 e. The molecule has 1 fully saturated rings. The molecule has 2 aromatic heterocycles. The van der Waals surface area contributed by atoms with E-state index in [2.05, 4.69) is 10.3 Å². The predicted octanol–water partition coefficient (Wildman–Crippen LogP) is 2.16. The maximum absolute atomic E-state index is 12.9. The summed E-state index contributed by atoms with van der Waals surface area (Å²) in [6, 6.07) is 14.9. The van der Waals surface area contributed by atoms with Gasteiger partial charge in [-0.05, 0) is 55.3 Å². The maximum atomic E-state index is 12.9. The van der Waals surface area contributed by atoms with Gasteiger partial charge in [-0.2, -0.15) is 0 Å². The summed E-state index contributed by atoms with van der Waals surface area (Å²) in [5.41, 5.74) is 1.83. The number of hydrogen-bond acceptors (Lipinski definition) is 4. The average molecular weight is 388 g/mol. The molecule has 1 unspecified atom stereocenters. The Balaban J connectivity index is 1.50. The van der Waals surface area contributed by atoms with Crippen LogP contribution in [0.15, 0.2) is 78.0 Å². The maximum Gasteiger partial charge on any atom is 0.255 e. The molecule has 146 valence electrons. The van der Waals surface area contributed by atoms with E-state index in [1.165, 1.54) is 6.07 Å². The summed E-state index contributed by atoms with van der Waals surface area (Å²) in [5, 5.41) is 2.83. The number of pyridine rings is 2. The molecule has 3 aromatic rings. The van der Waals surface area contributed by atoms with Crippen LogP contribution in [0.25, 0.3) is 5.69 Å². The molecule has 1 aromatic carbocycles. The minimum atomic E-state index is -0.569. The van der Waals surface area contributed by atoms with Crippen LogP contribution in [0.3, 0.4) is 0 Å². The van der Waals surface area contributed by atoms with Gasteiger partial charge in [-0.25, -0.2) is 0 Å². The van der Waals surface area contributed by atoms with Crippen molar-refractivity contribution in [3.63, 3.8) is 0 Å². The van der Waals surface area contributed by atoms with E-state index in [0.29, 0.717) is 18.5 Å². The molecular formula is C22H20N4O3. The van der Waals surface area contributed by atoms with Crippen LogP contribution in [0.4, 0.5) is 5.69 Å². The van der Waals surface area contributed by atoms with Crippen LogP contribution in [0.1, 0.15) is 23.2 Å². The molecule has 4 rings (SSSR count). The van der Waals surface area contributed by atoms with E-state index in [4.69, 9.17) is 0 Å².